The first-order valence-corrected chi connectivity index (χ1v) is 9.54. The molecule has 0 unspecified atom stereocenters. The van der Waals surface area contributed by atoms with Crippen molar-refractivity contribution in [2.45, 2.75) is 39.7 Å². The Kier molecular flexibility index (Phi) is 6.85. The lowest BCUT2D eigenvalue weighted by Crippen LogP contribution is -2.43. The maximum atomic E-state index is 12.5. The number of alkyl carbamates (subject to hydrolysis) is 1. The van der Waals surface area contributed by atoms with Gasteiger partial charge in [0.1, 0.15) is 5.60 Å². The molecule has 1 aromatic rings. The number of nitrogens with zero attached hydrogens (tertiary/aromatic N) is 2. The van der Waals surface area contributed by atoms with Crippen molar-refractivity contribution in [1.82, 2.24) is 15.5 Å². The van der Waals surface area contributed by atoms with Gasteiger partial charge in [-0.3, -0.25) is 9.59 Å². The van der Waals surface area contributed by atoms with Gasteiger partial charge in [-0.2, -0.15) is 5.26 Å². The topological polar surface area (TPSA) is 112 Å². The molecule has 1 aliphatic rings. The van der Waals surface area contributed by atoms with Crippen molar-refractivity contribution in [2.24, 2.45) is 5.41 Å². The molecule has 0 spiro atoms. The number of likely N-dealkylation sites (tertiary alicyclic amines) is 1. The number of amides is 3. The minimum atomic E-state index is -0.560. The van der Waals surface area contributed by atoms with E-state index in [1.165, 1.54) is 0 Å². The second-order valence-corrected chi connectivity index (χ2v) is 8.60. The van der Waals surface area contributed by atoms with Crippen molar-refractivity contribution in [2.75, 3.05) is 26.2 Å². The van der Waals surface area contributed by atoms with Gasteiger partial charge in [-0.05, 0) is 51.5 Å². The van der Waals surface area contributed by atoms with Crippen LogP contribution in [-0.2, 0) is 9.53 Å². The van der Waals surface area contributed by atoms with E-state index in [4.69, 9.17) is 10.00 Å². The number of carbonyl (C=O) groups excluding carboxylic acids is 3. The first-order chi connectivity index (χ1) is 13.5. The summed E-state index contributed by atoms with van der Waals surface area (Å²) in [5.41, 5.74) is 0.0538. The van der Waals surface area contributed by atoms with Crippen LogP contribution in [0.1, 0.15) is 50.0 Å². The number of rotatable bonds is 5. The summed E-state index contributed by atoms with van der Waals surface area (Å²) in [6.07, 6.45) is 0.274. The summed E-state index contributed by atoms with van der Waals surface area (Å²) in [7, 11) is 0. The van der Waals surface area contributed by atoms with Gasteiger partial charge < -0.3 is 20.3 Å². The Hall–Kier alpha value is -3.08. The average Bonchev–Trinajstić information content (AvgIpc) is 3.06. The van der Waals surface area contributed by atoms with Crippen LogP contribution >= 0.6 is 0 Å². The summed E-state index contributed by atoms with van der Waals surface area (Å²) in [5.74, 6) is -0.538. The van der Waals surface area contributed by atoms with Crippen LogP contribution in [0.4, 0.5) is 4.79 Å². The summed E-state index contributed by atoms with van der Waals surface area (Å²) >= 11 is 0. The van der Waals surface area contributed by atoms with Gasteiger partial charge in [-0.15, -0.1) is 0 Å². The van der Waals surface area contributed by atoms with E-state index >= 15 is 0 Å². The number of carbonyl (C=O) groups is 3. The molecule has 3 amide bonds. The fourth-order valence-electron chi connectivity index (χ4n) is 3.05. The van der Waals surface area contributed by atoms with Crippen LogP contribution in [0.2, 0.25) is 0 Å². The first-order valence-electron chi connectivity index (χ1n) is 9.54. The van der Waals surface area contributed by atoms with E-state index in [9.17, 15) is 14.4 Å². The van der Waals surface area contributed by atoms with Crippen molar-refractivity contribution >= 4 is 17.9 Å². The Bertz CT molecular complexity index is 807. The molecule has 29 heavy (non-hydrogen) atoms. The average molecular weight is 400 g/mol. The van der Waals surface area contributed by atoms with E-state index in [2.05, 4.69) is 10.6 Å². The monoisotopic (exact) mass is 400 g/mol. The fraction of sp³-hybridized carbons (Fsp3) is 0.524. The van der Waals surface area contributed by atoms with Crippen LogP contribution < -0.4 is 10.6 Å². The molecule has 2 rings (SSSR count). The fourth-order valence-corrected chi connectivity index (χ4v) is 3.05. The van der Waals surface area contributed by atoms with Crippen molar-refractivity contribution in [3.05, 3.63) is 35.4 Å². The third-order valence-electron chi connectivity index (χ3n) is 4.65. The molecule has 1 aromatic carbocycles. The van der Waals surface area contributed by atoms with E-state index in [-0.39, 0.29) is 23.8 Å². The van der Waals surface area contributed by atoms with Crippen LogP contribution in [-0.4, -0.2) is 54.6 Å². The Balaban J connectivity index is 1.79. The minimum absolute atomic E-state index is 0.103. The maximum Gasteiger partial charge on any atom is 0.407 e. The number of hydrogen-bond donors (Lipinski definition) is 2. The number of benzene rings is 1. The van der Waals surface area contributed by atoms with Gasteiger partial charge in [-0.1, -0.05) is 6.92 Å². The number of hydrogen-bond acceptors (Lipinski definition) is 5. The van der Waals surface area contributed by atoms with Gasteiger partial charge in [0.15, 0.2) is 0 Å². The predicted molar refractivity (Wildman–Crippen MR) is 107 cm³/mol. The molecule has 0 aliphatic carbocycles. The minimum Gasteiger partial charge on any atom is -0.444 e. The summed E-state index contributed by atoms with van der Waals surface area (Å²) in [4.78, 5) is 38.1. The zero-order valence-corrected chi connectivity index (χ0v) is 17.4. The van der Waals surface area contributed by atoms with Crippen molar-refractivity contribution in [1.29, 1.82) is 5.26 Å². The molecule has 1 fully saturated rings. The van der Waals surface area contributed by atoms with Crippen molar-refractivity contribution < 1.29 is 19.1 Å². The van der Waals surface area contributed by atoms with E-state index < -0.39 is 11.7 Å². The molecule has 8 heteroatoms. The smallest absolute Gasteiger partial charge is 0.407 e. The second kappa shape index (κ2) is 8.95. The highest BCUT2D eigenvalue weighted by molar-refractivity contribution is 5.96. The molecule has 8 nitrogen and oxygen atoms in total. The number of ether oxygens (including phenoxy) is 1. The highest BCUT2D eigenvalue weighted by atomic mass is 16.6. The Morgan fingerprint density at radius 3 is 2.45 bits per heavy atom. The molecule has 1 atom stereocenters. The Morgan fingerprint density at radius 1 is 1.21 bits per heavy atom. The molecule has 2 N–H and O–H groups in total. The van der Waals surface area contributed by atoms with Gasteiger partial charge in [0, 0.05) is 30.6 Å². The van der Waals surface area contributed by atoms with Crippen LogP contribution in [0.3, 0.4) is 0 Å². The van der Waals surface area contributed by atoms with Crippen LogP contribution in [0.5, 0.6) is 0 Å². The van der Waals surface area contributed by atoms with Gasteiger partial charge >= 0.3 is 6.09 Å². The van der Waals surface area contributed by atoms with Crippen LogP contribution in [0, 0.1) is 16.7 Å². The quantitative estimate of drug-likeness (QED) is 0.786. The van der Waals surface area contributed by atoms with E-state index in [1.54, 1.807) is 49.9 Å². The first kappa shape index (κ1) is 22.2. The SMILES string of the molecule is CC(C)(C)OC(=O)NC[C@]1(C)CCN(C(=O)CNC(=O)c2ccc(C#N)cc2)C1. The Labute approximate surface area is 171 Å². The third-order valence-corrected chi connectivity index (χ3v) is 4.65. The zero-order valence-electron chi connectivity index (χ0n) is 17.4. The summed E-state index contributed by atoms with van der Waals surface area (Å²) < 4.78 is 5.24. The highest BCUT2D eigenvalue weighted by Gasteiger charge is 2.36. The predicted octanol–water partition coefficient (Wildman–Crippen LogP) is 2.05. The van der Waals surface area contributed by atoms with Gasteiger partial charge in [0.05, 0.1) is 18.2 Å². The lowest BCUT2D eigenvalue weighted by Gasteiger charge is -2.26. The highest BCUT2D eigenvalue weighted by Crippen LogP contribution is 2.29. The van der Waals surface area contributed by atoms with Gasteiger partial charge in [0.25, 0.3) is 5.91 Å². The zero-order chi connectivity index (χ0) is 21.7. The summed E-state index contributed by atoms with van der Waals surface area (Å²) in [6, 6.07) is 8.20. The standard InChI is InChI=1S/C21H28N4O4/c1-20(2,3)29-19(28)24-13-21(4)9-10-25(14-21)17(26)12-23-18(27)16-7-5-15(11-22)6-8-16/h5-8H,9-10,12-14H2,1-4H3,(H,23,27)(H,24,28)/t21-/m0/s1. The lowest BCUT2D eigenvalue weighted by molar-refractivity contribution is -0.129. The van der Waals surface area contributed by atoms with Gasteiger partial charge in [0.2, 0.25) is 5.91 Å². The van der Waals surface area contributed by atoms with Crippen LogP contribution in [0.15, 0.2) is 24.3 Å². The second-order valence-electron chi connectivity index (χ2n) is 8.60. The third kappa shape index (κ3) is 6.79. The van der Waals surface area contributed by atoms with Crippen molar-refractivity contribution in [3.8, 4) is 6.07 Å². The maximum absolute atomic E-state index is 12.5. The lowest BCUT2D eigenvalue weighted by atomic mass is 9.90. The van der Waals surface area contributed by atoms with Crippen molar-refractivity contribution in [3.63, 3.8) is 0 Å². The van der Waals surface area contributed by atoms with E-state index in [0.29, 0.717) is 30.8 Å². The molecule has 0 radical (unpaired) electrons. The molecule has 1 saturated heterocycles. The molecule has 1 heterocycles. The van der Waals surface area contributed by atoms with E-state index in [0.717, 1.165) is 6.42 Å². The molecule has 0 bridgehead atoms. The molecule has 156 valence electrons. The number of nitriles is 1. The van der Waals surface area contributed by atoms with Crippen LogP contribution in [0.25, 0.3) is 0 Å². The molecular weight excluding hydrogens is 372 g/mol. The summed E-state index contributed by atoms with van der Waals surface area (Å²) in [5, 5.41) is 14.2. The molecule has 0 saturated carbocycles. The normalized spacial score (nSPS) is 18.7. The molecule has 1 aliphatic heterocycles. The molecular formula is C21H28N4O4. The molecule has 0 aromatic heterocycles. The number of nitrogens with one attached hydrogen (secondary N) is 2. The van der Waals surface area contributed by atoms with Gasteiger partial charge in [-0.25, -0.2) is 4.79 Å². The largest absolute Gasteiger partial charge is 0.444 e. The summed E-state index contributed by atoms with van der Waals surface area (Å²) in [6.45, 7) is 8.78. The Morgan fingerprint density at radius 2 is 1.86 bits per heavy atom. The van der Waals surface area contributed by atoms with E-state index in [1.807, 2.05) is 13.0 Å².